The fourth-order valence-electron chi connectivity index (χ4n) is 3.33. The summed E-state index contributed by atoms with van der Waals surface area (Å²) in [6, 6.07) is 17.5. The highest BCUT2D eigenvalue weighted by atomic mass is 32.1. The number of ether oxygens (including phenoxy) is 1. The molecule has 1 saturated heterocycles. The van der Waals surface area contributed by atoms with E-state index in [1.165, 1.54) is 11.3 Å². The largest absolute Gasteiger partial charge is 0.457 e. The van der Waals surface area contributed by atoms with Crippen molar-refractivity contribution in [3.05, 3.63) is 59.5 Å². The number of piperazine rings is 1. The van der Waals surface area contributed by atoms with E-state index in [2.05, 4.69) is 10.2 Å². The molecule has 2 heterocycles. The maximum absolute atomic E-state index is 12.8. The van der Waals surface area contributed by atoms with Gasteiger partial charge in [0.2, 0.25) is 0 Å². The summed E-state index contributed by atoms with van der Waals surface area (Å²) in [5.74, 6) is 1.73. The SMILES string of the molecule is CCCC(=O)c1sc(N2CCNCC2)nc1-c1ccc(Oc2ccccc2)cc1. The first kappa shape index (κ1) is 19.6. The highest BCUT2D eigenvalue weighted by Gasteiger charge is 2.22. The van der Waals surface area contributed by atoms with Gasteiger partial charge < -0.3 is 15.0 Å². The van der Waals surface area contributed by atoms with Crippen LogP contribution in [0.3, 0.4) is 0 Å². The molecule has 29 heavy (non-hydrogen) atoms. The molecular weight excluding hydrogens is 382 g/mol. The molecular formula is C23H25N3O2S. The number of carbonyl (C=O) groups is 1. The van der Waals surface area contributed by atoms with E-state index < -0.39 is 0 Å². The Labute approximate surface area is 175 Å². The maximum atomic E-state index is 12.8. The van der Waals surface area contributed by atoms with Crippen LogP contribution in [0.5, 0.6) is 11.5 Å². The Morgan fingerprint density at radius 1 is 1.07 bits per heavy atom. The summed E-state index contributed by atoms with van der Waals surface area (Å²) >= 11 is 1.52. The molecule has 3 aromatic rings. The molecule has 1 fully saturated rings. The molecule has 6 heteroatoms. The van der Waals surface area contributed by atoms with Crippen LogP contribution in [0.4, 0.5) is 5.13 Å². The van der Waals surface area contributed by atoms with Crippen LogP contribution >= 0.6 is 11.3 Å². The Morgan fingerprint density at radius 2 is 1.76 bits per heavy atom. The van der Waals surface area contributed by atoms with E-state index in [9.17, 15) is 4.79 Å². The van der Waals surface area contributed by atoms with Crippen molar-refractivity contribution >= 4 is 22.3 Å². The molecule has 0 saturated carbocycles. The Kier molecular flexibility index (Phi) is 6.22. The number of benzene rings is 2. The number of hydrogen-bond acceptors (Lipinski definition) is 6. The molecule has 0 spiro atoms. The number of rotatable bonds is 7. The lowest BCUT2D eigenvalue weighted by Crippen LogP contribution is -2.43. The second kappa shape index (κ2) is 9.20. The maximum Gasteiger partial charge on any atom is 0.186 e. The van der Waals surface area contributed by atoms with E-state index in [1.54, 1.807) is 0 Å². The average molecular weight is 408 g/mol. The van der Waals surface area contributed by atoms with Gasteiger partial charge in [-0.3, -0.25) is 4.79 Å². The summed E-state index contributed by atoms with van der Waals surface area (Å²) in [7, 11) is 0. The molecule has 2 aromatic carbocycles. The van der Waals surface area contributed by atoms with Crippen LogP contribution in [0.15, 0.2) is 54.6 Å². The van der Waals surface area contributed by atoms with E-state index in [-0.39, 0.29) is 5.78 Å². The van der Waals surface area contributed by atoms with E-state index in [4.69, 9.17) is 9.72 Å². The Morgan fingerprint density at radius 3 is 2.45 bits per heavy atom. The van der Waals surface area contributed by atoms with E-state index in [1.807, 2.05) is 61.5 Å². The second-order valence-corrected chi connectivity index (χ2v) is 8.00. The van der Waals surface area contributed by atoms with Crippen molar-refractivity contribution in [2.45, 2.75) is 19.8 Å². The minimum Gasteiger partial charge on any atom is -0.457 e. The third kappa shape index (κ3) is 4.66. The highest BCUT2D eigenvalue weighted by molar-refractivity contribution is 7.18. The summed E-state index contributed by atoms with van der Waals surface area (Å²) in [4.78, 5) is 20.7. The molecule has 5 nitrogen and oxygen atoms in total. The third-order valence-electron chi connectivity index (χ3n) is 4.84. The van der Waals surface area contributed by atoms with Crippen LogP contribution in [0.25, 0.3) is 11.3 Å². The highest BCUT2D eigenvalue weighted by Crippen LogP contribution is 2.35. The molecule has 0 amide bonds. The zero-order valence-corrected chi connectivity index (χ0v) is 17.4. The fourth-order valence-corrected chi connectivity index (χ4v) is 4.44. The summed E-state index contributed by atoms with van der Waals surface area (Å²) in [5, 5.41) is 4.30. The molecule has 0 unspecified atom stereocenters. The molecule has 1 aliphatic heterocycles. The summed E-state index contributed by atoms with van der Waals surface area (Å²) < 4.78 is 5.89. The topological polar surface area (TPSA) is 54.5 Å². The molecule has 1 aromatic heterocycles. The smallest absolute Gasteiger partial charge is 0.186 e. The lowest BCUT2D eigenvalue weighted by atomic mass is 10.1. The van der Waals surface area contributed by atoms with Gasteiger partial charge in [-0.05, 0) is 42.8 Å². The molecule has 0 aliphatic carbocycles. The van der Waals surface area contributed by atoms with Gasteiger partial charge in [0.25, 0.3) is 0 Å². The Bertz CT molecular complexity index is 948. The minimum absolute atomic E-state index is 0.172. The van der Waals surface area contributed by atoms with Crippen molar-refractivity contribution in [3.63, 3.8) is 0 Å². The Balaban J connectivity index is 1.61. The van der Waals surface area contributed by atoms with Gasteiger partial charge in [-0.25, -0.2) is 4.98 Å². The molecule has 0 atom stereocenters. The molecule has 1 N–H and O–H groups in total. The summed E-state index contributed by atoms with van der Waals surface area (Å²) in [6.07, 6.45) is 1.38. The van der Waals surface area contributed by atoms with Gasteiger partial charge in [0.05, 0.1) is 10.6 Å². The number of Topliss-reactive ketones (excluding diaryl/α,β-unsaturated/α-hetero) is 1. The normalized spacial score (nSPS) is 14.0. The van der Waals surface area contributed by atoms with Crippen molar-refractivity contribution in [2.24, 2.45) is 0 Å². The lowest BCUT2D eigenvalue weighted by Gasteiger charge is -2.26. The van der Waals surface area contributed by atoms with Crippen molar-refractivity contribution in [1.29, 1.82) is 0 Å². The Hall–Kier alpha value is -2.70. The van der Waals surface area contributed by atoms with Gasteiger partial charge in [-0.2, -0.15) is 0 Å². The van der Waals surface area contributed by atoms with Crippen LogP contribution in [0, 0.1) is 0 Å². The van der Waals surface area contributed by atoms with Gasteiger partial charge in [-0.1, -0.05) is 36.5 Å². The first-order valence-corrected chi connectivity index (χ1v) is 10.9. The summed E-state index contributed by atoms with van der Waals surface area (Å²) in [6.45, 7) is 5.75. The van der Waals surface area contributed by atoms with Crippen LogP contribution < -0.4 is 15.0 Å². The fraction of sp³-hybridized carbons (Fsp3) is 0.304. The first-order valence-electron chi connectivity index (χ1n) is 10.1. The minimum atomic E-state index is 0.172. The predicted octanol–water partition coefficient (Wildman–Crippen LogP) is 4.99. The number of thiazole rings is 1. The molecule has 150 valence electrons. The van der Waals surface area contributed by atoms with Crippen LogP contribution in [-0.4, -0.2) is 36.9 Å². The van der Waals surface area contributed by atoms with Crippen molar-refractivity contribution in [3.8, 4) is 22.8 Å². The van der Waals surface area contributed by atoms with Gasteiger partial charge in [0.1, 0.15) is 11.5 Å². The number of nitrogens with zero attached hydrogens (tertiary/aromatic N) is 2. The second-order valence-electron chi connectivity index (χ2n) is 7.02. The number of carbonyl (C=O) groups excluding carboxylic acids is 1. The number of para-hydroxylation sites is 1. The monoisotopic (exact) mass is 407 g/mol. The molecule has 1 aliphatic rings. The zero-order chi connectivity index (χ0) is 20.1. The predicted molar refractivity (Wildman–Crippen MR) is 118 cm³/mol. The van der Waals surface area contributed by atoms with E-state index in [0.29, 0.717) is 6.42 Å². The summed E-state index contributed by atoms with van der Waals surface area (Å²) in [5.41, 5.74) is 1.73. The third-order valence-corrected chi connectivity index (χ3v) is 6.00. The van der Waals surface area contributed by atoms with Gasteiger partial charge >= 0.3 is 0 Å². The van der Waals surface area contributed by atoms with E-state index >= 15 is 0 Å². The van der Waals surface area contributed by atoms with Gasteiger partial charge in [0.15, 0.2) is 10.9 Å². The van der Waals surface area contributed by atoms with Gasteiger partial charge in [-0.15, -0.1) is 0 Å². The molecule has 0 radical (unpaired) electrons. The lowest BCUT2D eigenvalue weighted by molar-refractivity contribution is 0.0986. The number of aromatic nitrogens is 1. The zero-order valence-electron chi connectivity index (χ0n) is 16.6. The average Bonchev–Trinajstić information content (AvgIpc) is 3.22. The number of ketones is 1. The van der Waals surface area contributed by atoms with Crippen molar-refractivity contribution in [1.82, 2.24) is 10.3 Å². The number of hydrogen-bond donors (Lipinski definition) is 1. The molecule has 0 bridgehead atoms. The number of anilines is 1. The van der Waals surface area contributed by atoms with Crippen LogP contribution in [-0.2, 0) is 0 Å². The van der Waals surface area contributed by atoms with Crippen LogP contribution in [0.2, 0.25) is 0 Å². The molecule has 4 rings (SSSR count). The first-order chi connectivity index (χ1) is 14.2. The van der Waals surface area contributed by atoms with Gasteiger partial charge in [0, 0.05) is 38.2 Å². The van der Waals surface area contributed by atoms with Crippen molar-refractivity contribution < 1.29 is 9.53 Å². The quantitative estimate of drug-likeness (QED) is 0.559. The van der Waals surface area contributed by atoms with Crippen molar-refractivity contribution in [2.75, 3.05) is 31.1 Å². The number of nitrogens with one attached hydrogen (secondary N) is 1. The van der Waals surface area contributed by atoms with Crippen LogP contribution in [0.1, 0.15) is 29.4 Å². The standard InChI is InChI=1S/C23H25N3O2S/c1-2-6-20(27)22-21(25-23(29-22)26-15-13-24-14-16-26)17-9-11-19(12-10-17)28-18-7-4-3-5-8-18/h3-5,7-12,24H,2,6,13-16H2,1H3. The van der Waals surface area contributed by atoms with E-state index in [0.717, 1.165) is 65.4 Å².